The van der Waals surface area contributed by atoms with Gasteiger partial charge in [0.05, 0.1) is 0 Å². The van der Waals surface area contributed by atoms with Crippen LogP contribution >= 0.6 is 0 Å². The first-order valence-electron chi connectivity index (χ1n) is 4.38. The second kappa shape index (κ2) is 3.19. The normalized spacial score (nSPS) is 29.1. The van der Waals surface area contributed by atoms with E-state index < -0.39 is 0 Å². The summed E-state index contributed by atoms with van der Waals surface area (Å²) in [6, 6.07) is 0.316. The molecule has 0 amide bonds. The number of hydrogen-bond donors (Lipinski definition) is 1. The van der Waals surface area contributed by atoms with E-state index in [-0.39, 0.29) is 0 Å². The van der Waals surface area contributed by atoms with E-state index in [0.717, 1.165) is 6.42 Å². The maximum absolute atomic E-state index is 5.96. The summed E-state index contributed by atoms with van der Waals surface area (Å²) in [5.41, 5.74) is 7.15. The fraction of sp³-hybridized carbons (Fsp3) is 0.556. The largest absolute Gasteiger partial charge is 0.327 e. The topological polar surface area (TPSA) is 51.8 Å². The molecule has 1 aliphatic carbocycles. The van der Waals surface area contributed by atoms with Gasteiger partial charge >= 0.3 is 0 Å². The van der Waals surface area contributed by atoms with Crippen LogP contribution in [0.2, 0.25) is 0 Å². The predicted octanol–water partition coefficient (Wildman–Crippen LogP) is 1.07. The molecule has 1 saturated carbocycles. The minimum Gasteiger partial charge on any atom is -0.327 e. The van der Waals surface area contributed by atoms with Crippen molar-refractivity contribution in [1.82, 2.24) is 9.97 Å². The maximum Gasteiger partial charge on any atom is 0.115 e. The highest BCUT2D eigenvalue weighted by molar-refractivity contribution is 5.14. The highest BCUT2D eigenvalue weighted by Gasteiger charge is 2.25. The second-order valence-electron chi connectivity index (χ2n) is 3.37. The van der Waals surface area contributed by atoms with Crippen LogP contribution in [0.15, 0.2) is 18.7 Å². The van der Waals surface area contributed by atoms with Crippen LogP contribution < -0.4 is 5.73 Å². The molecule has 0 saturated heterocycles. The molecule has 1 aromatic rings. The van der Waals surface area contributed by atoms with Crippen LogP contribution in [0.25, 0.3) is 0 Å². The van der Waals surface area contributed by atoms with E-state index in [1.54, 1.807) is 6.33 Å². The van der Waals surface area contributed by atoms with Gasteiger partial charge in [0.2, 0.25) is 0 Å². The van der Waals surface area contributed by atoms with Gasteiger partial charge in [-0.05, 0) is 18.4 Å². The minimum absolute atomic E-state index is 0.316. The van der Waals surface area contributed by atoms with Crippen molar-refractivity contribution in [2.75, 3.05) is 0 Å². The van der Waals surface area contributed by atoms with Crippen LogP contribution in [0.1, 0.15) is 30.7 Å². The SMILES string of the molecule is NC1CCCC1c1cncnc1. The van der Waals surface area contributed by atoms with Gasteiger partial charge in [0.1, 0.15) is 6.33 Å². The van der Waals surface area contributed by atoms with Gasteiger partial charge < -0.3 is 5.73 Å². The zero-order valence-electron chi connectivity index (χ0n) is 6.98. The van der Waals surface area contributed by atoms with Gasteiger partial charge in [0, 0.05) is 24.4 Å². The Morgan fingerprint density at radius 3 is 2.58 bits per heavy atom. The van der Waals surface area contributed by atoms with Crippen LogP contribution in [0.4, 0.5) is 0 Å². The molecular weight excluding hydrogens is 150 g/mol. The molecule has 0 aromatic carbocycles. The molecule has 2 N–H and O–H groups in total. The van der Waals surface area contributed by atoms with E-state index in [0.29, 0.717) is 12.0 Å². The van der Waals surface area contributed by atoms with Gasteiger partial charge in [-0.1, -0.05) is 6.42 Å². The van der Waals surface area contributed by atoms with Gasteiger partial charge in [-0.3, -0.25) is 0 Å². The Kier molecular flexibility index (Phi) is 2.04. The molecule has 2 rings (SSSR count). The summed E-state index contributed by atoms with van der Waals surface area (Å²) in [6.45, 7) is 0. The average molecular weight is 163 g/mol. The van der Waals surface area contributed by atoms with Crippen molar-refractivity contribution in [3.05, 3.63) is 24.3 Å². The van der Waals surface area contributed by atoms with E-state index in [1.807, 2.05) is 12.4 Å². The Bertz CT molecular complexity index is 247. The Hall–Kier alpha value is -0.960. The van der Waals surface area contributed by atoms with Gasteiger partial charge in [0.15, 0.2) is 0 Å². The molecule has 2 atom stereocenters. The summed E-state index contributed by atoms with van der Waals surface area (Å²) >= 11 is 0. The molecule has 1 aliphatic rings. The zero-order chi connectivity index (χ0) is 8.39. The van der Waals surface area contributed by atoms with E-state index in [1.165, 1.54) is 18.4 Å². The van der Waals surface area contributed by atoms with Crippen molar-refractivity contribution in [3.63, 3.8) is 0 Å². The van der Waals surface area contributed by atoms with E-state index in [9.17, 15) is 0 Å². The quantitative estimate of drug-likeness (QED) is 0.673. The Morgan fingerprint density at radius 1 is 1.25 bits per heavy atom. The van der Waals surface area contributed by atoms with Crippen molar-refractivity contribution >= 4 is 0 Å². The highest BCUT2D eigenvalue weighted by Crippen LogP contribution is 2.32. The van der Waals surface area contributed by atoms with Crippen molar-refractivity contribution in [3.8, 4) is 0 Å². The lowest BCUT2D eigenvalue weighted by atomic mass is 9.97. The molecule has 0 radical (unpaired) electrons. The number of nitrogens with two attached hydrogens (primary N) is 1. The first-order valence-corrected chi connectivity index (χ1v) is 4.38. The van der Waals surface area contributed by atoms with Crippen molar-refractivity contribution in [2.45, 2.75) is 31.2 Å². The molecule has 1 fully saturated rings. The van der Waals surface area contributed by atoms with Crippen LogP contribution in [-0.2, 0) is 0 Å². The van der Waals surface area contributed by atoms with Crippen LogP contribution in [-0.4, -0.2) is 16.0 Å². The van der Waals surface area contributed by atoms with Crippen LogP contribution in [0.3, 0.4) is 0 Å². The molecule has 0 aliphatic heterocycles. The van der Waals surface area contributed by atoms with E-state index in [2.05, 4.69) is 9.97 Å². The average Bonchev–Trinajstić information content (AvgIpc) is 2.53. The molecule has 64 valence electrons. The summed E-state index contributed by atoms with van der Waals surface area (Å²) in [6.07, 6.45) is 8.88. The number of hydrogen-bond acceptors (Lipinski definition) is 3. The third-order valence-electron chi connectivity index (χ3n) is 2.58. The lowest BCUT2D eigenvalue weighted by Crippen LogP contribution is -2.22. The fourth-order valence-electron chi connectivity index (χ4n) is 1.90. The lowest BCUT2D eigenvalue weighted by Gasteiger charge is -2.13. The first-order chi connectivity index (χ1) is 5.88. The Labute approximate surface area is 72.0 Å². The molecule has 3 heteroatoms. The summed E-state index contributed by atoms with van der Waals surface area (Å²) in [4.78, 5) is 7.99. The van der Waals surface area contributed by atoms with Gasteiger partial charge in [-0.25, -0.2) is 9.97 Å². The van der Waals surface area contributed by atoms with E-state index >= 15 is 0 Å². The third-order valence-corrected chi connectivity index (χ3v) is 2.58. The molecule has 3 nitrogen and oxygen atoms in total. The van der Waals surface area contributed by atoms with Crippen molar-refractivity contribution in [2.24, 2.45) is 5.73 Å². The Balaban J connectivity index is 2.19. The molecule has 2 unspecified atom stereocenters. The molecule has 0 bridgehead atoms. The molecule has 0 spiro atoms. The van der Waals surface area contributed by atoms with Crippen LogP contribution in [0.5, 0.6) is 0 Å². The highest BCUT2D eigenvalue weighted by atomic mass is 14.8. The molecule has 12 heavy (non-hydrogen) atoms. The predicted molar refractivity (Wildman–Crippen MR) is 46.6 cm³/mol. The summed E-state index contributed by atoms with van der Waals surface area (Å²) in [5.74, 6) is 0.492. The van der Waals surface area contributed by atoms with Crippen molar-refractivity contribution in [1.29, 1.82) is 0 Å². The molecular formula is C9H13N3. The molecule has 1 heterocycles. The zero-order valence-corrected chi connectivity index (χ0v) is 6.98. The van der Waals surface area contributed by atoms with Crippen molar-refractivity contribution < 1.29 is 0 Å². The Morgan fingerprint density at radius 2 is 2.00 bits per heavy atom. The summed E-state index contributed by atoms with van der Waals surface area (Å²) in [5, 5.41) is 0. The minimum atomic E-state index is 0.316. The van der Waals surface area contributed by atoms with Gasteiger partial charge in [-0.2, -0.15) is 0 Å². The number of rotatable bonds is 1. The second-order valence-corrected chi connectivity index (χ2v) is 3.37. The smallest absolute Gasteiger partial charge is 0.115 e. The fourth-order valence-corrected chi connectivity index (χ4v) is 1.90. The number of aromatic nitrogens is 2. The van der Waals surface area contributed by atoms with Crippen LogP contribution in [0, 0.1) is 0 Å². The summed E-state index contributed by atoms with van der Waals surface area (Å²) in [7, 11) is 0. The lowest BCUT2D eigenvalue weighted by molar-refractivity contribution is 0.608. The third kappa shape index (κ3) is 1.32. The van der Waals surface area contributed by atoms with Gasteiger partial charge in [0.25, 0.3) is 0 Å². The van der Waals surface area contributed by atoms with Gasteiger partial charge in [-0.15, -0.1) is 0 Å². The summed E-state index contributed by atoms with van der Waals surface area (Å²) < 4.78 is 0. The first kappa shape index (κ1) is 7.68. The maximum atomic E-state index is 5.96. The number of nitrogens with zero attached hydrogens (tertiary/aromatic N) is 2. The molecule has 1 aromatic heterocycles. The van der Waals surface area contributed by atoms with E-state index in [4.69, 9.17) is 5.73 Å². The monoisotopic (exact) mass is 163 g/mol. The standard InChI is InChI=1S/C9H13N3/c10-9-3-1-2-8(9)7-4-11-6-12-5-7/h4-6,8-9H,1-3,10H2.